The summed E-state index contributed by atoms with van der Waals surface area (Å²) in [5.74, 6) is -0.772. The van der Waals surface area contributed by atoms with E-state index in [9.17, 15) is 4.79 Å². The maximum Gasteiger partial charge on any atom is 1.00 e. The fourth-order valence-electron chi connectivity index (χ4n) is 0.681. The van der Waals surface area contributed by atoms with Crippen LogP contribution in [0.2, 0.25) is 0 Å². The number of hydrogen-bond acceptors (Lipinski definition) is 3. The van der Waals surface area contributed by atoms with Crippen molar-refractivity contribution in [1.82, 2.24) is 9.80 Å². The summed E-state index contributed by atoms with van der Waals surface area (Å²) >= 11 is 0. The van der Waals surface area contributed by atoms with Gasteiger partial charge in [0.1, 0.15) is 0 Å². The van der Waals surface area contributed by atoms with Crippen LogP contribution in [0.15, 0.2) is 0 Å². The third-order valence-corrected chi connectivity index (χ3v) is 1.33. The van der Waals surface area contributed by atoms with Gasteiger partial charge in [0.05, 0.1) is 6.54 Å². The van der Waals surface area contributed by atoms with E-state index in [1.807, 2.05) is 19.0 Å². The summed E-state index contributed by atoms with van der Waals surface area (Å²) < 4.78 is 0. The number of hydrogen-bond donors (Lipinski definition) is 1. The fourth-order valence-corrected chi connectivity index (χ4v) is 0.681. The van der Waals surface area contributed by atoms with E-state index in [0.29, 0.717) is 0 Å². The second-order valence-electron chi connectivity index (χ2n) is 2.93. The van der Waals surface area contributed by atoms with Gasteiger partial charge in [-0.15, -0.1) is 0 Å². The normalized spacial score (nSPS) is 10.1. The van der Waals surface area contributed by atoms with Gasteiger partial charge in [0.2, 0.25) is 0 Å². The molecule has 0 saturated carbocycles. The van der Waals surface area contributed by atoms with E-state index in [1.165, 1.54) is 0 Å². The van der Waals surface area contributed by atoms with Crippen molar-refractivity contribution in [3.05, 3.63) is 0 Å². The molecule has 0 unspecified atom stereocenters. The first-order chi connectivity index (χ1) is 5.02. The number of carboxylic acids is 1. The molecule has 0 bridgehead atoms. The van der Waals surface area contributed by atoms with E-state index in [1.54, 1.807) is 11.9 Å². The van der Waals surface area contributed by atoms with Crippen LogP contribution in [0, 0.1) is 0 Å². The van der Waals surface area contributed by atoms with Crippen molar-refractivity contribution in [3.63, 3.8) is 0 Å². The molecule has 0 spiro atoms. The molecule has 0 rings (SSSR count). The van der Waals surface area contributed by atoms with Gasteiger partial charge in [-0.25, -0.2) is 0 Å². The molecule has 0 atom stereocenters. The summed E-state index contributed by atoms with van der Waals surface area (Å²) in [5.41, 5.74) is 0. The van der Waals surface area contributed by atoms with Crippen LogP contribution in [0.3, 0.4) is 0 Å². The fraction of sp³-hybridized carbons (Fsp3) is 0.857. The van der Waals surface area contributed by atoms with Gasteiger partial charge in [-0.2, -0.15) is 0 Å². The first-order valence-electron chi connectivity index (χ1n) is 3.57. The quantitative estimate of drug-likeness (QED) is 0.436. The molecular weight excluding hydrogens is 151 g/mol. The maximum absolute atomic E-state index is 10.2. The Labute approximate surface area is 87.2 Å². The molecule has 0 saturated heterocycles. The van der Waals surface area contributed by atoms with Gasteiger partial charge in [-0.05, 0) is 21.1 Å². The monoisotopic (exact) mass is 168 g/mol. The summed E-state index contributed by atoms with van der Waals surface area (Å²) in [6, 6.07) is 0. The van der Waals surface area contributed by atoms with Crippen molar-refractivity contribution in [2.75, 3.05) is 40.8 Å². The molecule has 0 amide bonds. The summed E-state index contributed by atoms with van der Waals surface area (Å²) in [5, 5.41) is 8.39. The maximum atomic E-state index is 10.2. The molecule has 0 heterocycles. The zero-order chi connectivity index (χ0) is 8.85. The molecule has 12 heavy (non-hydrogen) atoms. The van der Waals surface area contributed by atoms with Crippen LogP contribution in [0.1, 0.15) is 1.43 Å². The molecule has 5 heteroatoms. The van der Waals surface area contributed by atoms with Crippen molar-refractivity contribution < 1.29 is 30.2 Å². The summed E-state index contributed by atoms with van der Waals surface area (Å²) in [7, 11) is 5.74. The van der Waals surface area contributed by atoms with Crippen molar-refractivity contribution in [2.24, 2.45) is 0 Å². The van der Waals surface area contributed by atoms with Crippen LogP contribution in [-0.4, -0.2) is 61.7 Å². The standard InChI is InChI=1S/C7H16N2O2.Li.H/c1-8(2)4-5-9(3)6-7(10)11;;/h4-6H2,1-3H3,(H,10,11);;/q;+1;-1. The molecule has 0 aromatic heterocycles. The van der Waals surface area contributed by atoms with E-state index in [2.05, 4.69) is 0 Å². The van der Waals surface area contributed by atoms with Crippen LogP contribution in [0.25, 0.3) is 0 Å². The molecule has 0 aliphatic carbocycles. The van der Waals surface area contributed by atoms with Gasteiger partial charge in [0.25, 0.3) is 0 Å². The SMILES string of the molecule is CN(C)CCN(C)CC(=O)O.[H-].[Li+]. The van der Waals surface area contributed by atoms with Gasteiger partial charge in [0.15, 0.2) is 0 Å². The predicted octanol–water partition coefficient (Wildman–Crippen LogP) is -3.32. The molecule has 0 aliphatic rings. The zero-order valence-electron chi connectivity index (χ0n) is 9.37. The Morgan fingerprint density at radius 2 is 1.83 bits per heavy atom. The second kappa shape index (κ2) is 7.63. The third kappa shape index (κ3) is 9.99. The Balaban J connectivity index is -0.000000500. The Morgan fingerprint density at radius 3 is 2.17 bits per heavy atom. The molecular formula is C7H17LiN2O2. The van der Waals surface area contributed by atoms with E-state index in [-0.39, 0.29) is 26.8 Å². The topological polar surface area (TPSA) is 43.8 Å². The van der Waals surface area contributed by atoms with Gasteiger partial charge < -0.3 is 11.4 Å². The van der Waals surface area contributed by atoms with Gasteiger partial charge >= 0.3 is 24.8 Å². The Hall–Kier alpha value is -0.0126. The van der Waals surface area contributed by atoms with Crippen LogP contribution in [0.5, 0.6) is 0 Å². The number of rotatable bonds is 5. The first kappa shape index (κ1) is 14.5. The Morgan fingerprint density at radius 1 is 1.33 bits per heavy atom. The third-order valence-electron chi connectivity index (χ3n) is 1.33. The number of likely N-dealkylation sites (N-methyl/N-ethyl adjacent to an activating group) is 2. The Bertz CT molecular complexity index is 136. The predicted molar refractivity (Wildman–Crippen MR) is 44.8 cm³/mol. The van der Waals surface area contributed by atoms with Crippen LogP contribution < -0.4 is 18.9 Å². The summed E-state index contributed by atoms with van der Waals surface area (Å²) in [6.07, 6.45) is 0. The van der Waals surface area contributed by atoms with Crippen molar-refractivity contribution in [1.29, 1.82) is 0 Å². The number of carboxylic acid groups (broad SMARTS) is 1. The van der Waals surface area contributed by atoms with Gasteiger partial charge in [-0.3, -0.25) is 9.69 Å². The average Bonchev–Trinajstić information content (AvgIpc) is 1.82. The minimum absolute atomic E-state index is 0. The van der Waals surface area contributed by atoms with Crippen molar-refractivity contribution in [2.45, 2.75) is 0 Å². The largest absolute Gasteiger partial charge is 1.00 e. The molecule has 0 aliphatic heterocycles. The molecule has 0 radical (unpaired) electrons. The van der Waals surface area contributed by atoms with Crippen LogP contribution >= 0.6 is 0 Å². The number of carbonyl (C=O) groups is 1. The Kier molecular flexibility index (Phi) is 9.22. The van der Waals surface area contributed by atoms with E-state index in [0.717, 1.165) is 13.1 Å². The second-order valence-corrected chi connectivity index (χ2v) is 2.93. The van der Waals surface area contributed by atoms with Gasteiger partial charge in [0, 0.05) is 13.1 Å². The van der Waals surface area contributed by atoms with Crippen LogP contribution in [-0.2, 0) is 4.79 Å². The minimum Gasteiger partial charge on any atom is -1.00 e. The van der Waals surface area contributed by atoms with Crippen molar-refractivity contribution >= 4 is 5.97 Å². The summed E-state index contributed by atoms with van der Waals surface area (Å²) in [6.45, 7) is 1.80. The number of nitrogens with zero attached hydrogens (tertiary/aromatic N) is 2. The minimum atomic E-state index is -0.772. The van der Waals surface area contributed by atoms with E-state index < -0.39 is 5.97 Å². The molecule has 0 aromatic rings. The van der Waals surface area contributed by atoms with Gasteiger partial charge in [-0.1, -0.05) is 0 Å². The number of aliphatic carboxylic acids is 1. The molecule has 68 valence electrons. The smallest absolute Gasteiger partial charge is 1.00 e. The van der Waals surface area contributed by atoms with E-state index in [4.69, 9.17) is 5.11 Å². The molecule has 0 aromatic carbocycles. The summed E-state index contributed by atoms with van der Waals surface area (Å²) in [4.78, 5) is 14.0. The molecule has 0 fully saturated rings. The van der Waals surface area contributed by atoms with E-state index >= 15 is 0 Å². The van der Waals surface area contributed by atoms with Crippen LogP contribution in [0.4, 0.5) is 0 Å². The first-order valence-corrected chi connectivity index (χ1v) is 3.57. The zero-order valence-corrected chi connectivity index (χ0v) is 8.37. The average molecular weight is 168 g/mol. The molecule has 1 N–H and O–H groups in total. The van der Waals surface area contributed by atoms with Crippen molar-refractivity contribution in [3.8, 4) is 0 Å². The molecule has 4 nitrogen and oxygen atoms in total.